The minimum absolute atomic E-state index is 0.0417. The summed E-state index contributed by atoms with van der Waals surface area (Å²) in [6.45, 7) is 0.281. The van der Waals surface area contributed by atoms with Crippen LogP contribution in [-0.4, -0.2) is 36.8 Å². The highest BCUT2D eigenvalue weighted by atomic mass is 32.2. The molecule has 7 nitrogen and oxygen atoms in total. The smallest absolute Gasteiger partial charge is 0.338 e. The summed E-state index contributed by atoms with van der Waals surface area (Å²) in [6.07, 6.45) is 1.56. The third-order valence-corrected chi connectivity index (χ3v) is 7.17. The Bertz CT molecular complexity index is 1340. The van der Waals surface area contributed by atoms with E-state index in [1.54, 1.807) is 42.6 Å². The van der Waals surface area contributed by atoms with E-state index in [-0.39, 0.29) is 18.2 Å². The topological polar surface area (TPSA) is 88.9 Å². The number of rotatable bonds is 3. The molecule has 10 heteroatoms. The maximum atomic E-state index is 13.9. The molecule has 2 aromatic carbocycles. The monoisotopic (exact) mass is 443 g/mol. The molecule has 0 fully saturated rings. The van der Waals surface area contributed by atoms with Gasteiger partial charge < -0.3 is 9.64 Å². The van der Waals surface area contributed by atoms with Crippen LogP contribution in [-0.2, 0) is 21.4 Å². The summed E-state index contributed by atoms with van der Waals surface area (Å²) in [6, 6.07) is 11.2. The first-order valence-electron chi connectivity index (χ1n) is 9.03. The second kappa shape index (κ2) is 7.06. The van der Waals surface area contributed by atoms with Gasteiger partial charge in [0.25, 0.3) is 10.0 Å². The number of ether oxygens (including phenoxy) is 1. The highest BCUT2D eigenvalue weighted by molar-refractivity contribution is 8.15. The summed E-state index contributed by atoms with van der Waals surface area (Å²) in [4.78, 5) is 19.3. The molecule has 0 unspecified atom stereocenters. The number of nitrogens with zero attached hydrogens (tertiary/aromatic N) is 3. The highest BCUT2D eigenvalue weighted by Crippen LogP contribution is 2.42. The van der Waals surface area contributed by atoms with Crippen molar-refractivity contribution in [3.05, 3.63) is 65.6 Å². The van der Waals surface area contributed by atoms with E-state index in [1.165, 1.54) is 17.8 Å². The Balaban J connectivity index is 1.36. The van der Waals surface area contributed by atoms with Gasteiger partial charge in [-0.05, 0) is 48.2 Å². The lowest BCUT2D eigenvalue weighted by atomic mass is 10.1. The van der Waals surface area contributed by atoms with Gasteiger partial charge >= 0.3 is 5.97 Å². The second-order valence-corrected chi connectivity index (χ2v) is 9.54. The predicted molar refractivity (Wildman–Crippen MR) is 112 cm³/mol. The fourth-order valence-electron chi connectivity index (χ4n) is 3.40. The Morgan fingerprint density at radius 1 is 1.23 bits per heavy atom. The lowest BCUT2D eigenvalue weighted by Gasteiger charge is -2.22. The van der Waals surface area contributed by atoms with Crippen LogP contribution < -0.4 is 4.90 Å². The van der Waals surface area contributed by atoms with Crippen molar-refractivity contribution in [3.63, 3.8) is 0 Å². The van der Waals surface area contributed by atoms with Crippen molar-refractivity contribution < 1.29 is 22.3 Å². The number of benzene rings is 2. The second-order valence-electron chi connectivity index (χ2n) is 6.78. The third kappa shape index (κ3) is 3.31. The van der Waals surface area contributed by atoms with Crippen molar-refractivity contribution in [1.82, 2.24) is 4.98 Å². The molecule has 0 radical (unpaired) electrons. The molecule has 0 saturated carbocycles. The van der Waals surface area contributed by atoms with E-state index in [0.29, 0.717) is 33.7 Å². The van der Waals surface area contributed by atoms with Crippen molar-refractivity contribution in [2.24, 2.45) is 4.40 Å². The molecule has 0 N–H and O–H groups in total. The number of anilines is 1. The lowest BCUT2D eigenvalue weighted by Crippen LogP contribution is -2.35. The van der Waals surface area contributed by atoms with Gasteiger partial charge in [-0.3, -0.25) is 4.98 Å². The summed E-state index contributed by atoms with van der Waals surface area (Å²) in [5.74, 6) is -0.962. The lowest BCUT2D eigenvalue weighted by molar-refractivity contribution is 0.0474. The minimum atomic E-state index is -3.44. The summed E-state index contributed by atoms with van der Waals surface area (Å²) in [7, 11) is -3.44. The van der Waals surface area contributed by atoms with E-state index in [4.69, 9.17) is 4.74 Å². The number of esters is 1. The highest BCUT2D eigenvalue weighted by Gasteiger charge is 2.33. The molecule has 152 valence electrons. The number of carbonyl (C=O) groups excluding carboxylic acids is 1. The normalized spacial score (nSPS) is 16.7. The van der Waals surface area contributed by atoms with Crippen LogP contribution in [0, 0.1) is 5.82 Å². The number of amidine groups is 1. The molecule has 3 heterocycles. The number of fused-ring (bicyclic) bond motifs is 4. The summed E-state index contributed by atoms with van der Waals surface area (Å²) >= 11 is 1.21. The van der Waals surface area contributed by atoms with Crippen LogP contribution in [0.4, 0.5) is 10.1 Å². The zero-order valence-corrected chi connectivity index (χ0v) is 17.0. The SMILES string of the molecule is O=C(OCc1ccc(F)c2cccnc12)c1ccc2c(c1)SC1=NS(=O)(=O)CCN12. The van der Waals surface area contributed by atoms with Crippen molar-refractivity contribution >= 4 is 49.5 Å². The molecule has 2 aliphatic heterocycles. The number of aromatic nitrogens is 1. The summed E-state index contributed by atoms with van der Waals surface area (Å²) in [5, 5.41) is 0.762. The Labute approximate surface area is 175 Å². The van der Waals surface area contributed by atoms with Crippen molar-refractivity contribution in [1.29, 1.82) is 0 Å². The first-order valence-corrected chi connectivity index (χ1v) is 11.5. The number of hydrogen-bond donors (Lipinski definition) is 0. The third-order valence-electron chi connectivity index (χ3n) is 4.87. The maximum Gasteiger partial charge on any atom is 0.338 e. The van der Waals surface area contributed by atoms with Crippen LogP contribution in [0.5, 0.6) is 0 Å². The molecular weight excluding hydrogens is 429 g/mol. The first-order chi connectivity index (χ1) is 14.4. The van der Waals surface area contributed by atoms with Crippen LogP contribution >= 0.6 is 11.8 Å². The molecule has 5 rings (SSSR count). The molecule has 2 aliphatic rings. The molecule has 0 aliphatic carbocycles. The fraction of sp³-hybridized carbons (Fsp3) is 0.150. The molecule has 0 atom stereocenters. The predicted octanol–water partition coefficient (Wildman–Crippen LogP) is 3.34. The van der Waals surface area contributed by atoms with E-state index in [9.17, 15) is 17.6 Å². The van der Waals surface area contributed by atoms with Gasteiger partial charge in [0.15, 0.2) is 5.17 Å². The number of halogens is 1. The molecule has 30 heavy (non-hydrogen) atoms. The van der Waals surface area contributed by atoms with Crippen LogP contribution in [0.1, 0.15) is 15.9 Å². The zero-order chi connectivity index (χ0) is 20.9. The van der Waals surface area contributed by atoms with E-state index >= 15 is 0 Å². The number of thioether (sulfide) groups is 1. The number of pyridine rings is 1. The standard InChI is InChI=1S/C20H14FN3O4S2/c21-15-5-3-13(18-14(15)2-1-7-22-18)11-28-19(25)12-4-6-16-17(10-12)29-20-23-30(26,27)9-8-24(16)20/h1-7,10H,8-9,11H2. The average Bonchev–Trinajstić information content (AvgIpc) is 3.08. The van der Waals surface area contributed by atoms with Crippen molar-refractivity contribution in [2.75, 3.05) is 17.2 Å². The minimum Gasteiger partial charge on any atom is -0.457 e. The van der Waals surface area contributed by atoms with Gasteiger partial charge in [-0.25, -0.2) is 17.6 Å². The number of carbonyl (C=O) groups is 1. The van der Waals surface area contributed by atoms with E-state index < -0.39 is 16.0 Å². The molecule has 0 spiro atoms. The Kier molecular flexibility index (Phi) is 4.48. The average molecular weight is 443 g/mol. The van der Waals surface area contributed by atoms with Crippen molar-refractivity contribution in [2.45, 2.75) is 11.5 Å². The summed E-state index contributed by atoms with van der Waals surface area (Å²) in [5.41, 5.74) is 2.21. The van der Waals surface area contributed by atoms with Crippen LogP contribution in [0.3, 0.4) is 0 Å². The molecular formula is C20H14FN3O4S2. The molecule has 1 aromatic heterocycles. The van der Waals surface area contributed by atoms with Gasteiger partial charge in [0, 0.05) is 28.6 Å². The molecule has 0 amide bonds. The molecule has 0 saturated heterocycles. The van der Waals surface area contributed by atoms with Gasteiger partial charge in [-0.1, -0.05) is 6.07 Å². The Hall–Kier alpha value is -2.98. The van der Waals surface area contributed by atoms with Crippen LogP contribution in [0.25, 0.3) is 10.9 Å². The largest absolute Gasteiger partial charge is 0.457 e. The van der Waals surface area contributed by atoms with Gasteiger partial charge in [0.1, 0.15) is 12.4 Å². The zero-order valence-electron chi connectivity index (χ0n) is 15.4. The van der Waals surface area contributed by atoms with Gasteiger partial charge in [-0.2, -0.15) is 0 Å². The summed E-state index contributed by atoms with van der Waals surface area (Å²) < 4.78 is 46.6. The van der Waals surface area contributed by atoms with E-state index in [0.717, 1.165) is 10.6 Å². The number of sulfonamides is 1. The van der Waals surface area contributed by atoms with Gasteiger partial charge in [-0.15, -0.1) is 4.40 Å². The van der Waals surface area contributed by atoms with Gasteiger partial charge in [0.05, 0.1) is 22.5 Å². The van der Waals surface area contributed by atoms with Gasteiger partial charge in [0.2, 0.25) is 0 Å². The molecule has 3 aromatic rings. The van der Waals surface area contributed by atoms with Crippen molar-refractivity contribution in [3.8, 4) is 0 Å². The van der Waals surface area contributed by atoms with E-state index in [2.05, 4.69) is 9.38 Å². The Morgan fingerprint density at radius 2 is 2.10 bits per heavy atom. The van der Waals surface area contributed by atoms with E-state index in [1.807, 2.05) is 4.90 Å². The first kappa shape index (κ1) is 19.0. The molecule has 0 bridgehead atoms. The quantitative estimate of drug-likeness (QED) is 0.574. The Morgan fingerprint density at radius 3 is 2.97 bits per heavy atom. The van der Waals surface area contributed by atoms with Crippen LogP contribution in [0.15, 0.2) is 58.0 Å². The fourth-order valence-corrected chi connectivity index (χ4v) is 5.69. The number of hydrogen-bond acceptors (Lipinski definition) is 7. The van der Waals surface area contributed by atoms with Crippen LogP contribution in [0.2, 0.25) is 0 Å². The maximum absolute atomic E-state index is 13.9.